The Balaban J connectivity index is 2.14. The number of halogens is 1. The molecule has 0 heterocycles. The van der Waals surface area contributed by atoms with Crippen molar-refractivity contribution in [3.63, 3.8) is 0 Å². The lowest BCUT2D eigenvalue weighted by Gasteiger charge is -2.06. The van der Waals surface area contributed by atoms with E-state index in [-0.39, 0.29) is 12.3 Å². The number of unbranched alkanes of at least 4 members (excludes halogenated alkanes) is 1. The summed E-state index contributed by atoms with van der Waals surface area (Å²) in [5.41, 5.74) is 1.01. The fourth-order valence-corrected chi connectivity index (χ4v) is 1.92. The molecule has 5 heteroatoms. The quantitative estimate of drug-likeness (QED) is 0.721. The summed E-state index contributed by atoms with van der Waals surface area (Å²) in [6.45, 7) is 0.543. The highest BCUT2D eigenvalue weighted by atomic mass is 35.5. The van der Waals surface area contributed by atoms with Gasteiger partial charge in [-0.2, -0.15) is 0 Å². The minimum Gasteiger partial charge on any atom is -0.481 e. The van der Waals surface area contributed by atoms with Crippen LogP contribution in [0.5, 0.6) is 0 Å². The molecule has 0 atom stereocenters. The van der Waals surface area contributed by atoms with Crippen molar-refractivity contribution in [2.75, 3.05) is 6.54 Å². The predicted octanol–water partition coefficient (Wildman–Crippen LogP) is 2.64. The lowest BCUT2D eigenvalue weighted by molar-refractivity contribution is -0.137. The molecule has 0 unspecified atom stereocenters. The number of amides is 1. The van der Waals surface area contributed by atoms with Crippen molar-refractivity contribution in [3.8, 4) is 0 Å². The van der Waals surface area contributed by atoms with Crippen molar-refractivity contribution >= 4 is 23.5 Å². The molecule has 104 valence electrons. The van der Waals surface area contributed by atoms with E-state index in [2.05, 4.69) is 5.32 Å². The second kappa shape index (κ2) is 8.53. The summed E-state index contributed by atoms with van der Waals surface area (Å²) in [5, 5.41) is 12.0. The number of hydrogen-bond acceptors (Lipinski definition) is 2. The number of hydrogen-bond donors (Lipinski definition) is 2. The molecule has 1 aromatic rings. The number of carboxylic acids is 1. The van der Waals surface area contributed by atoms with E-state index in [1.807, 2.05) is 24.3 Å². The molecule has 0 aliphatic rings. The Morgan fingerprint density at radius 1 is 1.16 bits per heavy atom. The van der Waals surface area contributed by atoms with Crippen LogP contribution in [-0.2, 0) is 16.0 Å². The largest absolute Gasteiger partial charge is 0.481 e. The summed E-state index contributed by atoms with van der Waals surface area (Å²) in [6, 6.07) is 7.54. The molecule has 19 heavy (non-hydrogen) atoms. The maximum atomic E-state index is 11.5. The highest BCUT2D eigenvalue weighted by Gasteiger charge is 2.03. The highest BCUT2D eigenvalue weighted by Crippen LogP contribution is 2.14. The van der Waals surface area contributed by atoms with Crippen molar-refractivity contribution < 1.29 is 14.7 Å². The minimum absolute atomic E-state index is 0.0440. The van der Waals surface area contributed by atoms with Gasteiger partial charge in [0.05, 0.1) is 0 Å². The third-order valence-electron chi connectivity index (χ3n) is 2.72. The van der Waals surface area contributed by atoms with E-state index in [1.165, 1.54) is 0 Å². The summed E-state index contributed by atoms with van der Waals surface area (Å²) >= 11 is 6.00. The zero-order chi connectivity index (χ0) is 14.1. The molecule has 0 aliphatic heterocycles. The van der Waals surface area contributed by atoms with Crippen molar-refractivity contribution in [1.29, 1.82) is 0 Å². The van der Waals surface area contributed by atoms with Gasteiger partial charge in [-0.15, -0.1) is 0 Å². The number of rotatable bonds is 8. The molecule has 0 saturated carbocycles. The third kappa shape index (κ3) is 6.82. The van der Waals surface area contributed by atoms with Gasteiger partial charge in [-0.25, -0.2) is 0 Å². The number of benzene rings is 1. The molecule has 0 bridgehead atoms. The standard InChI is InChI=1S/C14H18ClNO3/c15-12-6-2-1-5-11(12)9-10-16-13(17)7-3-4-8-14(18)19/h1-2,5-6H,3-4,7-10H2,(H,16,17)(H,18,19). The molecule has 0 fully saturated rings. The summed E-state index contributed by atoms with van der Waals surface area (Å²) in [5.74, 6) is -0.864. The molecule has 4 nitrogen and oxygen atoms in total. The van der Waals surface area contributed by atoms with Gasteiger partial charge in [0.15, 0.2) is 0 Å². The monoisotopic (exact) mass is 283 g/mol. The van der Waals surface area contributed by atoms with Gasteiger partial charge in [-0.05, 0) is 30.9 Å². The van der Waals surface area contributed by atoms with E-state index < -0.39 is 5.97 Å². The SMILES string of the molecule is O=C(O)CCCCC(=O)NCCc1ccccc1Cl. The van der Waals surface area contributed by atoms with Gasteiger partial charge in [0, 0.05) is 24.4 Å². The first-order valence-electron chi connectivity index (χ1n) is 6.31. The Morgan fingerprint density at radius 2 is 1.84 bits per heavy atom. The van der Waals surface area contributed by atoms with E-state index in [0.29, 0.717) is 37.3 Å². The zero-order valence-electron chi connectivity index (χ0n) is 10.7. The maximum Gasteiger partial charge on any atom is 0.303 e. The van der Waals surface area contributed by atoms with Crippen LogP contribution < -0.4 is 5.32 Å². The van der Waals surface area contributed by atoms with Gasteiger partial charge in [0.2, 0.25) is 5.91 Å². The number of nitrogens with one attached hydrogen (secondary N) is 1. The summed E-state index contributed by atoms with van der Waals surface area (Å²) in [4.78, 5) is 21.8. The van der Waals surface area contributed by atoms with Crippen molar-refractivity contribution in [1.82, 2.24) is 5.32 Å². The van der Waals surface area contributed by atoms with Crippen LogP contribution in [0.4, 0.5) is 0 Å². The first kappa shape index (κ1) is 15.5. The fourth-order valence-electron chi connectivity index (χ4n) is 1.69. The lowest BCUT2D eigenvalue weighted by atomic mass is 10.1. The van der Waals surface area contributed by atoms with E-state index in [0.717, 1.165) is 5.56 Å². The Kier molecular flexibility index (Phi) is 6.97. The van der Waals surface area contributed by atoms with Crippen LogP contribution in [0.3, 0.4) is 0 Å². The average molecular weight is 284 g/mol. The number of carbonyl (C=O) groups is 2. The smallest absolute Gasteiger partial charge is 0.303 e. The van der Waals surface area contributed by atoms with Gasteiger partial charge >= 0.3 is 5.97 Å². The zero-order valence-corrected chi connectivity index (χ0v) is 11.4. The van der Waals surface area contributed by atoms with E-state index >= 15 is 0 Å². The molecule has 0 aromatic heterocycles. The van der Waals surface area contributed by atoms with Gasteiger partial charge in [-0.3, -0.25) is 9.59 Å². The molecule has 1 amide bonds. The van der Waals surface area contributed by atoms with Crippen LogP contribution in [0.15, 0.2) is 24.3 Å². The average Bonchev–Trinajstić information content (AvgIpc) is 2.37. The molecule has 0 radical (unpaired) electrons. The molecule has 0 spiro atoms. The van der Waals surface area contributed by atoms with Crippen molar-refractivity contribution in [2.45, 2.75) is 32.1 Å². The van der Waals surface area contributed by atoms with Crippen LogP contribution in [-0.4, -0.2) is 23.5 Å². The van der Waals surface area contributed by atoms with Crippen molar-refractivity contribution in [3.05, 3.63) is 34.9 Å². The summed E-state index contributed by atoms with van der Waals surface area (Å²) in [6.07, 6.45) is 2.32. The maximum absolute atomic E-state index is 11.5. The fraction of sp³-hybridized carbons (Fsp3) is 0.429. The van der Waals surface area contributed by atoms with Crippen LogP contribution in [0.25, 0.3) is 0 Å². The Labute approximate surface area is 117 Å². The molecule has 2 N–H and O–H groups in total. The first-order valence-corrected chi connectivity index (χ1v) is 6.69. The highest BCUT2D eigenvalue weighted by molar-refractivity contribution is 6.31. The van der Waals surface area contributed by atoms with Crippen LogP contribution in [0.1, 0.15) is 31.2 Å². The first-order chi connectivity index (χ1) is 9.09. The van der Waals surface area contributed by atoms with Crippen LogP contribution in [0.2, 0.25) is 5.02 Å². The minimum atomic E-state index is -0.820. The topological polar surface area (TPSA) is 66.4 Å². The van der Waals surface area contributed by atoms with Crippen LogP contribution in [0, 0.1) is 0 Å². The molecule has 0 saturated heterocycles. The third-order valence-corrected chi connectivity index (χ3v) is 3.09. The Hall–Kier alpha value is -1.55. The van der Waals surface area contributed by atoms with E-state index in [4.69, 9.17) is 16.7 Å². The van der Waals surface area contributed by atoms with Crippen LogP contribution >= 0.6 is 11.6 Å². The molecular weight excluding hydrogens is 266 g/mol. The molecule has 0 aliphatic carbocycles. The van der Waals surface area contributed by atoms with E-state index in [1.54, 1.807) is 0 Å². The summed E-state index contributed by atoms with van der Waals surface area (Å²) < 4.78 is 0. The van der Waals surface area contributed by atoms with Crippen molar-refractivity contribution in [2.24, 2.45) is 0 Å². The second-order valence-corrected chi connectivity index (χ2v) is 4.70. The van der Waals surface area contributed by atoms with Gasteiger partial charge in [0.25, 0.3) is 0 Å². The second-order valence-electron chi connectivity index (χ2n) is 4.29. The van der Waals surface area contributed by atoms with Gasteiger partial charge in [-0.1, -0.05) is 29.8 Å². The summed E-state index contributed by atoms with van der Waals surface area (Å²) in [7, 11) is 0. The Bertz CT molecular complexity index is 434. The van der Waals surface area contributed by atoms with Gasteiger partial charge < -0.3 is 10.4 Å². The number of aliphatic carboxylic acids is 1. The number of carboxylic acid groups (broad SMARTS) is 1. The molecule has 1 aromatic carbocycles. The molecule has 1 rings (SSSR count). The van der Waals surface area contributed by atoms with E-state index in [9.17, 15) is 9.59 Å². The number of carbonyl (C=O) groups excluding carboxylic acids is 1. The molecular formula is C14H18ClNO3. The Morgan fingerprint density at radius 3 is 2.53 bits per heavy atom. The van der Waals surface area contributed by atoms with Gasteiger partial charge in [0.1, 0.15) is 0 Å². The normalized spacial score (nSPS) is 10.2. The lowest BCUT2D eigenvalue weighted by Crippen LogP contribution is -2.25. The predicted molar refractivity (Wildman–Crippen MR) is 74.3 cm³/mol.